The molecule has 2 amide bonds. The van der Waals surface area contributed by atoms with E-state index in [0.29, 0.717) is 28.0 Å². The monoisotopic (exact) mass is 554 g/mol. The van der Waals surface area contributed by atoms with Gasteiger partial charge in [0.2, 0.25) is 0 Å². The first-order valence-corrected chi connectivity index (χ1v) is 14.3. The van der Waals surface area contributed by atoms with Crippen LogP contribution in [0.1, 0.15) is 59.4 Å². The van der Waals surface area contributed by atoms with Crippen molar-refractivity contribution in [2.75, 3.05) is 39.3 Å². The lowest BCUT2D eigenvalue weighted by atomic mass is 10.0. The van der Waals surface area contributed by atoms with E-state index in [0.717, 1.165) is 36.8 Å². The van der Waals surface area contributed by atoms with Gasteiger partial charge in [0.05, 0.1) is 5.52 Å². The van der Waals surface area contributed by atoms with Crippen LogP contribution in [0.5, 0.6) is 0 Å². The Hall–Kier alpha value is -2.97. The molecule has 39 heavy (non-hydrogen) atoms. The number of piperidine rings is 2. The predicted octanol–water partition coefficient (Wildman–Crippen LogP) is 5.86. The van der Waals surface area contributed by atoms with Gasteiger partial charge in [-0.2, -0.15) is 0 Å². The van der Waals surface area contributed by atoms with E-state index in [2.05, 4.69) is 4.90 Å². The number of nitrogens with zero attached hydrogens (tertiary/aromatic N) is 4. The van der Waals surface area contributed by atoms with Gasteiger partial charge in [0, 0.05) is 66.7 Å². The average Bonchev–Trinajstić information content (AvgIpc) is 3.61. The first-order chi connectivity index (χ1) is 18.8. The van der Waals surface area contributed by atoms with Crippen molar-refractivity contribution in [1.82, 2.24) is 19.3 Å². The first kappa shape index (κ1) is 26.3. The largest absolute Gasteiger partial charge is 0.339 e. The summed E-state index contributed by atoms with van der Waals surface area (Å²) in [5, 5.41) is 1.27. The Morgan fingerprint density at radius 3 is 2.21 bits per heavy atom. The van der Waals surface area contributed by atoms with Crippen LogP contribution in [0, 0.1) is 0 Å². The number of hydrogen-bond acceptors (Lipinski definition) is 3. The maximum Gasteiger partial charge on any atom is 0.270 e. The molecule has 6 nitrogen and oxygen atoms in total. The van der Waals surface area contributed by atoms with Gasteiger partial charge >= 0.3 is 0 Å². The summed E-state index contributed by atoms with van der Waals surface area (Å²) in [5.41, 5.74) is 2.41. The van der Waals surface area contributed by atoms with Crippen molar-refractivity contribution >= 4 is 34.3 Å². The third kappa shape index (κ3) is 5.29. The van der Waals surface area contributed by atoms with Gasteiger partial charge in [-0.15, -0.1) is 0 Å². The van der Waals surface area contributed by atoms with Crippen LogP contribution < -0.4 is 0 Å². The molecule has 2 aromatic carbocycles. The van der Waals surface area contributed by atoms with E-state index < -0.39 is 5.92 Å². The molecular formula is C30H33ClF2N4O2. The number of amides is 2. The van der Waals surface area contributed by atoms with Gasteiger partial charge in [0.1, 0.15) is 5.69 Å². The minimum Gasteiger partial charge on any atom is -0.339 e. The lowest BCUT2D eigenvalue weighted by molar-refractivity contribution is -0.0495. The summed E-state index contributed by atoms with van der Waals surface area (Å²) in [4.78, 5) is 33.1. The molecule has 3 saturated heterocycles. The van der Waals surface area contributed by atoms with Crippen molar-refractivity contribution in [1.29, 1.82) is 0 Å². The minimum atomic E-state index is -2.74. The SMILES string of the molecule is O=C(c1ccc2c(c1)cc(C(=O)N1CCC(F)(F)CC1)n2-c1cccc(Cl)c1)N1CCC(N2CCCC2)CC1. The molecule has 0 unspecified atom stereocenters. The molecule has 0 spiro atoms. The van der Waals surface area contributed by atoms with Crippen LogP contribution in [0.15, 0.2) is 48.5 Å². The number of likely N-dealkylation sites (tertiary alicyclic amines) is 3. The molecule has 0 N–H and O–H groups in total. The maximum absolute atomic E-state index is 13.8. The highest BCUT2D eigenvalue weighted by Gasteiger charge is 2.37. The second-order valence-corrected chi connectivity index (χ2v) is 11.5. The van der Waals surface area contributed by atoms with Crippen LogP contribution in [-0.2, 0) is 0 Å². The molecular weight excluding hydrogens is 522 g/mol. The lowest BCUT2D eigenvalue weighted by Crippen LogP contribution is -2.45. The molecule has 0 bridgehead atoms. The van der Waals surface area contributed by atoms with Crippen molar-refractivity contribution < 1.29 is 18.4 Å². The van der Waals surface area contributed by atoms with Gasteiger partial charge in [-0.25, -0.2) is 8.78 Å². The first-order valence-electron chi connectivity index (χ1n) is 13.9. The molecule has 206 valence electrons. The topological polar surface area (TPSA) is 48.8 Å². The maximum atomic E-state index is 13.8. The van der Waals surface area contributed by atoms with Crippen molar-refractivity contribution in [3.05, 3.63) is 64.8 Å². The van der Waals surface area contributed by atoms with Crippen LogP contribution in [0.4, 0.5) is 8.78 Å². The van der Waals surface area contributed by atoms with E-state index in [1.165, 1.54) is 30.8 Å². The summed E-state index contributed by atoms with van der Waals surface area (Å²) < 4.78 is 29.4. The zero-order chi connectivity index (χ0) is 27.1. The normalized spacial score (nSPS) is 20.6. The average molecular weight is 555 g/mol. The van der Waals surface area contributed by atoms with Gasteiger partial charge < -0.3 is 19.3 Å². The van der Waals surface area contributed by atoms with Crippen molar-refractivity contribution in [2.24, 2.45) is 0 Å². The molecule has 0 radical (unpaired) electrons. The van der Waals surface area contributed by atoms with Crippen LogP contribution in [-0.4, -0.2) is 82.3 Å². The Bertz CT molecular complexity index is 1380. The number of carbonyl (C=O) groups excluding carboxylic acids is 2. The lowest BCUT2D eigenvalue weighted by Gasteiger charge is -2.36. The zero-order valence-electron chi connectivity index (χ0n) is 21.9. The van der Waals surface area contributed by atoms with Gasteiger partial charge in [0.25, 0.3) is 17.7 Å². The Balaban J connectivity index is 1.29. The quantitative estimate of drug-likeness (QED) is 0.406. The molecule has 3 aliphatic heterocycles. The molecule has 3 fully saturated rings. The number of alkyl halides is 2. The summed E-state index contributed by atoms with van der Waals surface area (Å²) in [5.74, 6) is -3.05. The molecule has 0 atom stereocenters. The Labute approximate surface area is 232 Å². The van der Waals surface area contributed by atoms with Gasteiger partial charge in [-0.3, -0.25) is 9.59 Å². The van der Waals surface area contributed by atoms with E-state index >= 15 is 0 Å². The Kier molecular flexibility index (Phi) is 7.10. The number of carbonyl (C=O) groups is 2. The molecule has 4 heterocycles. The van der Waals surface area contributed by atoms with E-state index in [4.69, 9.17) is 11.6 Å². The number of hydrogen-bond donors (Lipinski definition) is 0. The fourth-order valence-corrected chi connectivity index (χ4v) is 6.51. The number of rotatable bonds is 4. The molecule has 1 aromatic heterocycles. The fourth-order valence-electron chi connectivity index (χ4n) is 6.32. The van der Waals surface area contributed by atoms with Gasteiger partial charge in [0.15, 0.2) is 0 Å². The van der Waals surface area contributed by atoms with Crippen molar-refractivity contribution in [3.8, 4) is 5.69 Å². The zero-order valence-corrected chi connectivity index (χ0v) is 22.7. The van der Waals surface area contributed by atoms with E-state index in [1.807, 2.05) is 39.8 Å². The second kappa shape index (κ2) is 10.5. The smallest absolute Gasteiger partial charge is 0.270 e. The fraction of sp³-hybridized carbons (Fsp3) is 0.467. The van der Waals surface area contributed by atoms with Crippen LogP contribution >= 0.6 is 11.6 Å². The van der Waals surface area contributed by atoms with E-state index in [1.54, 1.807) is 18.2 Å². The predicted molar refractivity (Wildman–Crippen MR) is 148 cm³/mol. The summed E-state index contributed by atoms with van der Waals surface area (Å²) in [6.45, 7) is 3.81. The van der Waals surface area contributed by atoms with E-state index in [9.17, 15) is 18.4 Å². The van der Waals surface area contributed by atoms with Crippen LogP contribution in [0.3, 0.4) is 0 Å². The third-order valence-corrected chi connectivity index (χ3v) is 8.76. The number of fused-ring (bicyclic) bond motifs is 1. The van der Waals surface area contributed by atoms with Gasteiger partial charge in [-0.1, -0.05) is 17.7 Å². The molecule has 3 aliphatic rings. The second-order valence-electron chi connectivity index (χ2n) is 11.0. The highest BCUT2D eigenvalue weighted by molar-refractivity contribution is 6.30. The Morgan fingerprint density at radius 2 is 1.51 bits per heavy atom. The summed E-state index contributed by atoms with van der Waals surface area (Å²) >= 11 is 6.28. The van der Waals surface area contributed by atoms with Crippen molar-refractivity contribution in [2.45, 2.75) is 50.5 Å². The summed E-state index contributed by atoms with van der Waals surface area (Å²) in [6.07, 6.45) is 3.83. The van der Waals surface area contributed by atoms with Gasteiger partial charge in [-0.05, 0) is 81.2 Å². The molecule has 6 rings (SSSR count). The highest BCUT2D eigenvalue weighted by Crippen LogP contribution is 2.32. The van der Waals surface area contributed by atoms with E-state index in [-0.39, 0.29) is 37.7 Å². The molecule has 0 saturated carbocycles. The highest BCUT2D eigenvalue weighted by atomic mass is 35.5. The van der Waals surface area contributed by atoms with Crippen molar-refractivity contribution in [3.63, 3.8) is 0 Å². The molecule has 9 heteroatoms. The number of benzene rings is 2. The number of halogens is 3. The third-order valence-electron chi connectivity index (χ3n) is 8.52. The molecule has 0 aliphatic carbocycles. The summed E-state index contributed by atoms with van der Waals surface area (Å²) in [7, 11) is 0. The number of aromatic nitrogens is 1. The Morgan fingerprint density at radius 1 is 0.821 bits per heavy atom. The van der Waals surface area contributed by atoms with Crippen LogP contribution in [0.2, 0.25) is 5.02 Å². The summed E-state index contributed by atoms with van der Waals surface area (Å²) in [6, 6.07) is 15.0. The molecule has 3 aromatic rings. The van der Waals surface area contributed by atoms with Crippen LogP contribution in [0.25, 0.3) is 16.6 Å². The standard InChI is InChI=1S/C30H33ClF2N4O2/c31-23-4-3-5-25(20-23)37-26-7-6-21(28(38)35-14-8-24(9-15-35)34-12-1-2-13-34)18-22(26)19-27(37)29(39)36-16-10-30(32,33)11-17-36/h3-7,18-20,24H,1-2,8-17H2. The minimum absolute atomic E-state index is 0.0000228.